The number of para-hydroxylation sites is 1. The summed E-state index contributed by atoms with van der Waals surface area (Å²) in [6.45, 7) is 5.00. The number of sulfonamides is 2. The van der Waals surface area contributed by atoms with Crippen LogP contribution in [0, 0.1) is 20.8 Å². The molecule has 180 valence electrons. The van der Waals surface area contributed by atoms with E-state index in [1.807, 2.05) is 19.1 Å². The van der Waals surface area contributed by atoms with Gasteiger partial charge in [-0.2, -0.15) is 0 Å². The van der Waals surface area contributed by atoms with Crippen molar-refractivity contribution in [2.75, 3.05) is 27.1 Å². The number of hydrogen-bond donors (Lipinski definition) is 2. The highest BCUT2D eigenvalue weighted by atomic mass is 32.2. The number of hydrogen-bond acceptors (Lipinski definition) is 5. The van der Waals surface area contributed by atoms with Crippen LogP contribution in [0.3, 0.4) is 0 Å². The van der Waals surface area contributed by atoms with Crippen LogP contribution in [0.15, 0.2) is 71.6 Å². The third kappa shape index (κ3) is 6.15. The Balaban J connectivity index is 1.75. The summed E-state index contributed by atoms with van der Waals surface area (Å²) in [5.41, 5.74) is 3.63. The second-order valence-corrected chi connectivity index (χ2v) is 11.6. The van der Waals surface area contributed by atoms with Gasteiger partial charge in [-0.25, -0.2) is 16.8 Å². The second-order valence-electron chi connectivity index (χ2n) is 8.06. The van der Waals surface area contributed by atoms with Crippen molar-refractivity contribution in [2.45, 2.75) is 25.7 Å². The molecule has 1 amide bonds. The van der Waals surface area contributed by atoms with E-state index in [2.05, 4.69) is 10.0 Å². The number of carbonyl (C=O) groups is 1. The minimum atomic E-state index is -3.81. The molecule has 3 rings (SSSR count). The van der Waals surface area contributed by atoms with Crippen molar-refractivity contribution >= 4 is 43.0 Å². The first-order valence-electron chi connectivity index (χ1n) is 10.4. The molecular weight excluding hydrogens is 474 g/mol. The van der Waals surface area contributed by atoms with Crippen molar-refractivity contribution in [3.63, 3.8) is 0 Å². The summed E-state index contributed by atoms with van der Waals surface area (Å²) in [7, 11) is -7.53. The monoisotopic (exact) mass is 501 g/mol. The van der Waals surface area contributed by atoms with Crippen molar-refractivity contribution in [1.82, 2.24) is 0 Å². The second kappa shape index (κ2) is 9.86. The van der Waals surface area contributed by atoms with Crippen LogP contribution in [-0.2, 0) is 24.8 Å². The van der Waals surface area contributed by atoms with Crippen molar-refractivity contribution < 1.29 is 21.6 Å². The summed E-state index contributed by atoms with van der Waals surface area (Å²) in [4.78, 5) is 12.7. The van der Waals surface area contributed by atoms with Gasteiger partial charge in [0.15, 0.2) is 0 Å². The van der Waals surface area contributed by atoms with E-state index in [0.29, 0.717) is 17.1 Å². The van der Waals surface area contributed by atoms with Crippen molar-refractivity contribution in [1.29, 1.82) is 0 Å². The van der Waals surface area contributed by atoms with Crippen LogP contribution in [0.25, 0.3) is 0 Å². The van der Waals surface area contributed by atoms with Crippen molar-refractivity contribution in [2.24, 2.45) is 0 Å². The molecule has 0 atom stereocenters. The van der Waals surface area contributed by atoms with E-state index in [0.717, 1.165) is 27.3 Å². The largest absolute Gasteiger partial charge is 0.325 e. The molecule has 0 bridgehead atoms. The molecule has 0 unspecified atom stereocenters. The van der Waals surface area contributed by atoms with Crippen molar-refractivity contribution in [3.8, 4) is 0 Å². The third-order valence-electron chi connectivity index (χ3n) is 5.10. The molecule has 0 aliphatic carbocycles. The smallest absolute Gasteiger partial charge is 0.261 e. The fourth-order valence-electron chi connectivity index (χ4n) is 3.53. The Bertz CT molecular complexity index is 1400. The van der Waals surface area contributed by atoms with Gasteiger partial charge in [0.25, 0.3) is 10.0 Å². The lowest BCUT2D eigenvalue weighted by molar-refractivity contribution is -0.114. The Morgan fingerprint density at radius 2 is 1.41 bits per heavy atom. The summed E-state index contributed by atoms with van der Waals surface area (Å²) in [5, 5.41) is 2.63. The van der Waals surface area contributed by atoms with E-state index >= 15 is 0 Å². The molecule has 2 N–H and O–H groups in total. The SMILES string of the molecule is Cc1cccc(NS(=O)(=O)c2ccc(NC(=O)CN(c3c(C)cccc3C)S(C)(=O)=O)cc2)c1. The van der Waals surface area contributed by atoms with Gasteiger partial charge in [-0.3, -0.25) is 13.8 Å². The van der Waals surface area contributed by atoms with Gasteiger partial charge in [-0.1, -0.05) is 30.3 Å². The van der Waals surface area contributed by atoms with Crippen LogP contribution in [-0.4, -0.2) is 35.5 Å². The topological polar surface area (TPSA) is 113 Å². The zero-order valence-electron chi connectivity index (χ0n) is 19.4. The van der Waals surface area contributed by atoms with E-state index in [1.54, 1.807) is 44.2 Å². The maximum absolute atomic E-state index is 12.7. The van der Waals surface area contributed by atoms with E-state index in [1.165, 1.54) is 24.3 Å². The molecule has 34 heavy (non-hydrogen) atoms. The Morgan fingerprint density at radius 3 is 1.97 bits per heavy atom. The average Bonchev–Trinajstić information content (AvgIpc) is 2.72. The number of benzene rings is 3. The van der Waals surface area contributed by atoms with Gasteiger partial charge >= 0.3 is 0 Å². The average molecular weight is 502 g/mol. The molecule has 10 heteroatoms. The fourth-order valence-corrected chi connectivity index (χ4v) is 5.55. The lowest BCUT2D eigenvalue weighted by Gasteiger charge is -2.25. The van der Waals surface area contributed by atoms with Crippen LogP contribution in [0.5, 0.6) is 0 Å². The molecule has 0 aliphatic rings. The quantitative estimate of drug-likeness (QED) is 0.487. The number of nitrogens with one attached hydrogen (secondary N) is 2. The molecule has 8 nitrogen and oxygen atoms in total. The zero-order valence-corrected chi connectivity index (χ0v) is 21.0. The van der Waals surface area contributed by atoms with Crippen LogP contribution in [0.1, 0.15) is 16.7 Å². The first-order valence-corrected chi connectivity index (χ1v) is 13.7. The Labute approximate surface area is 200 Å². The highest BCUT2D eigenvalue weighted by molar-refractivity contribution is 7.92. The van der Waals surface area contributed by atoms with Crippen molar-refractivity contribution in [3.05, 3.63) is 83.4 Å². The van der Waals surface area contributed by atoms with Gasteiger partial charge in [0.2, 0.25) is 15.9 Å². The summed E-state index contributed by atoms with van der Waals surface area (Å²) >= 11 is 0. The lowest BCUT2D eigenvalue weighted by Crippen LogP contribution is -2.38. The van der Waals surface area contributed by atoms with Crippen LogP contribution in [0.2, 0.25) is 0 Å². The van der Waals surface area contributed by atoms with Crippen LogP contribution in [0.4, 0.5) is 17.1 Å². The molecule has 3 aromatic rings. The minimum absolute atomic E-state index is 0.0281. The molecule has 3 aromatic carbocycles. The summed E-state index contributed by atoms with van der Waals surface area (Å²) in [6.07, 6.45) is 1.05. The van der Waals surface area contributed by atoms with Gasteiger partial charge in [0, 0.05) is 11.4 Å². The predicted octanol–water partition coefficient (Wildman–Crippen LogP) is 3.82. The number of rotatable bonds is 8. The molecule has 0 spiro atoms. The van der Waals surface area contributed by atoms with Gasteiger partial charge in [-0.15, -0.1) is 0 Å². The fraction of sp³-hybridized carbons (Fsp3) is 0.208. The van der Waals surface area contributed by atoms with E-state index in [4.69, 9.17) is 0 Å². The Hall–Kier alpha value is -3.37. The zero-order chi connectivity index (χ0) is 25.1. The minimum Gasteiger partial charge on any atom is -0.325 e. The number of nitrogens with zero attached hydrogens (tertiary/aromatic N) is 1. The number of carbonyl (C=O) groups excluding carboxylic acids is 1. The molecule has 0 saturated heterocycles. The third-order valence-corrected chi connectivity index (χ3v) is 7.60. The number of aryl methyl sites for hydroxylation is 3. The van der Waals surface area contributed by atoms with Gasteiger partial charge in [0.05, 0.1) is 16.8 Å². The predicted molar refractivity (Wildman–Crippen MR) is 135 cm³/mol. The van der Waals surface area contributed by atoms with Gasteiger partial charge < -0.3 is 5.32 Å². The highest BCUT2D eigenvalue weighted by Crippen LogP contribution is 2.27. The molecule has 0 saturated carbocycles. The van der Waals surface area contributed by atoms with E-state index in [-0.39, 0.29) is 4.90 Å². The molecule has 0 aromatic heterocycles. The van der Waals surface area contributed by atoms with Crippen LogP contribution < -0.4 is 14.3 Å². The summed E-state index contributed by atoms with van der Waals surface area (Å²) in [5.74, 6) is -0.554. The first kappa shape index (κ1) is 25.3. The first-order chi connectivity index (χ1) is 15.9. The summed E-state index contributed by atoms with van der Waals surface area (Å²) in [6, 6.07) is 18.0. The number of anilines is 3. The van der Waals surface area contributed by atoms with Crippen LogP contribution >= 0.6 is 0 Å². The Kier molecular flexibility index (Phi) is 7.32. The molecular formula is C24H27N3O5S2. The van der Waals surface area contributed by atoms with Gasteiger partial charge in [0.1, 0.15) is 6.54 Å². The molecule has 0 aliphatic heterocycles. The summed E-state index contributed by atoms with van der Waals surface area (Å²) < 4.78 is 53.7. The maximum atomic E-state index is 12.7. The van der Waals surface area contributed by atoms with Gasteiger partial charge in [-0.05, 0) is 73.9 Å². The number of amides is 1. The Morgan fingerprint density at radius 1 is 0.824 bits per heavy atom. The highest BCUT2D eigenvalue weighted by Gasteiger charge is 2.24. The lowest BCUT2D eigenvalue weighted by atomic mass is 10.1. The normalized spacial score (nSPS) is 11.6. The molecule has 0 radical (unpaired) electrons. The van der Waals surface area contributed by atoms with E-state index in [9.17, 15) is 21.6 Å². The van der Waals surface area contributed by atoms with E-state index < -0.39 is 32.5 Å². The molecule has 0 fully saturated rings. The maximum Gasteiger partial charge on any atom is 0.261 e. The molecule has 0 heterocycles. The standard InChI is InChI=1S/C24H27N3O5S2/c1-17-7-5-10-21(15-17)26-34(31,32)22-13-11-20(12-14-22)25-23(28)16-27(33(4,29)30)24-18(2)8-6-9-19(24)3/h5-15,26H,16H2,1-4H3,(H,25,28).